The maximum atomic E-state index is 5.92. The fourth-order valence-corrected chi connectivity index (χ4v) is 2.17. The summed E-state index contributed by atoms with van der Waals surface area (Å²) in [4.78, 5) is 0. The second kappa shape index (κ2) is 6.84. The number of hydrogen-bond donors (Lipinski definition) is 1. The lowest BCUT2D eigenvalue weighted by molar-refractivity contribution is -0.484. The van der Waals surface area contributed by atoms with Crippen LogP contribution in [0, 0.1) is 5.92 Å². The summed E-state index contributed by atoms with van der Waals surface area (Å²) in [5.74, 6) is 3.01. The van der Waals surface area contributed by atoms with Crippen molar-refractivity contribution in [3.05, 3.63) is 54.1 Å². The molecule has 0 heterocycles. The van der Waals surface area contributed by atoms with Crippen LogP contribution in [0.25, 0.3) is 0 Å². The van der Waals surface area contributed by atoms with Gasteiger partial charge in [-0.1, -0.05) is 26.0 Å². The standard InChI is InChI=1S/C19H25NO2/c1-14(2)19(3,20)13-15-6-5-7-18(12-15)22-17-10-8-16(21-4)9-11-17/h5-12,14H,13,20H2,1-4H3/p+1. The largest absolute Gasteiger partial charge is 0.497 e. The maximum absolute atomic E-state index is 5.92. The van der Waals surface area contributed by atoms with Crippen molar-refractivity contribution in [1.82, 2.24) is 0 Å². The van der Waals surface area contributed by atoms with E-state index in [-0.39, 0.29) is 5.54 Å². The summed E-state index contributed by atoms with van der Waals surface area (Å²) >= 11 is 0. The topological polar surface area (TPSA) is 46.1 Å². The van der Waals surface area contributed by atoms with Gasteiger partial charge in [-0.25, -0.2) is 0 Å². The van der Waals surface area contributed by atoms with Crippen LogP contribution in [0.2, 0.25) is 0 Å². The van der Waals surface area contributed by atoms with Crippen LogP contribution in [-0.4, -0.2) is 12.6 Å². The molecule has 0 fully saturated rings. The van der Waals surface area contributed by atoms with Gasteiger partial charge in [0.05, 0.1) is 12.6 Å². The minimum Gasteiger partial charge on any atom is -0.497 e. The first kappa shape index (κ1) is 16.4. The van der Waals surface area contributed by atoms with Gasteiger partial charge < -0.3 is 15.2 Å². The number of quaternary nitrogens is 1. The van der Waals surface area contributed by atoms with Crippen molar-refractivity contribution in [2.24, 2.45) is 5.92 Å². The fourth-order valence-electron chi connectivity index (χ4n) is 2.17. The van der Waals surface area contributed by atoms with E-state index in [2.05, 4.69) is 38.6 Å². The number of methoxy groups -OCH3 is 1. The van der Waals surface area contributed by atoms with Crippen LogP contribution in [0.4, 0.5) is 0 Å². The highest BCUT2D eigenvalue weighted by molar-refractivity contribution is 5.37. The van der Waals surface area contributed by atoms with Crippen molar-refractivity contribution in [2.75, 3.05) is 7.11 Å². The minimum atomic E-state index is 0.0265. The number of benzene rings is 2. The zero-order valence-electron chi connectivity index (χ0n) is 13.9. The first-order chi connectivity index (χ1) is 10.4. The molecule has 2 aromatic carbocycles. The third kappa shape index (κ3) is 4.25. The summed E-state index contributed by atoms with van der Waals surface area (Å²) < 4.78 is 11.1. The molecule has 0 saturated heterocycles. The predicted octanol–water partition coefficient (Wildman–Crippen LogP) is 3.69. The first-order valence-electron chi connectivity index (χ1n) is 7.67. The summed E-state index contributed by atoms with van der Waals surface area (Å²) in [6.07, 6.45) is 0.935. The smallest absolute Gasteiger partial charge is 0.127 e. The molecule has 2 aromatic rings. The van der Waals surface area contributed by atoms with E-state index in [1.165, 1.54) is 5.56 Å². The number of rotatable bonds is 6. The summed E-state index contributed by atoms with van der Waals surface area (Å²) in [6, 6.07) is 15.8. The summed E-state index contributed by atoms with van der Waals surface area (Å²) in [7, 11) is 1.66. The summed E-state index contributed by atoms with van der Waals surface area (Å²) in [5.41, 5.74) is 5.62. The molecular weight excluding hydrogens is 274 g/mol. The van der Waals surface area contributed by atoms with Crippen LogP contribution < -0.4 is 15.2 Å². The average Bonchev–Trinajstić information content (AvgIpc) is 2.48. The van der Waals surface area contributed by atoms with Gasteiger partial charge in [-0.3, -0.25) is 0 Å². The van der Waals surface area contributed by atoms with Crippen LogP contribution in [-0.2, 0) is 6.42 Å². The fraction of sp³-hybridized carbons (Fsp3) is 0.368. The summed E-state index contributed by atoms with van der Waals surface area (Å²) in [5, 5.41) is 0. The van der Waals surface area contributed by atoms with Gasteiger partial charge in [-0.2, -0.15) is 0 Å². The molecule has 0 aromatic heterocycles. The molecule has 0 bridgehead atoms. The zero-order valence-corrected chi connectivity index (χ0v) is 13.9. The van der Waals surface area contributed by atoms with Crippen LogP contribution in [0.1, 0.15) is 26.3 Å². The Morgan fingerprint density at radius 3 is 2.23 bits per heavy atom. The molecular formula is C19H26NO2+. The Kier molecular flexibility index (Phi) is 5.09. The van der Waals surface area contributed by atoms with E-state index >= 15 is 0 Å². The molecule has 0 radical (unpaired) electrons. The Morgan fingerprint density at radius 2 is 1.64 bits per heavy atom. The average molecular weight is 300 g/mol. The SMILES string of the molecule is COc1ccc(Oc2cccc(CC(C)([NH3+])C(C)C)c2)cc1. The second-order valence-corrected chi connectivity index (χ2v) is 6.41. The molecule has 0 aliphatic rings. The Balaban J connectivity index is 2.11. The van der Waals surface area contributed by atoms with Gasteiger partial charge >= 0.3 is 0 Å². The molecule has 2 rings (SSSR count). The van der Waals surface area contributed by atoms with E-state index in [4.69, 9.17) is 9.47 Å². The molecule has 0 amide bonds. The third-order valence-electron chi connectivity index (χ3n) is 4.20. The molecule has 1 unspecified atom stereocenters. The minimum absolute atomic E-state index is 0.0265. The lowest BCUT2D eigenvalue weighted by Gasteiger charge is -2.25. The van der Waals surface area contributed by atoms with Gasteiger partial charge in [0.15, 0.2) is 0 Å². The van der Waals surface area contributed by atoms with E-state index in [0.29, 0.717) is 5.92 Å². The summed E-state index contributed by atoms with van der Waals surface area (Å²) in [6.45, 7) is 6.63. The van der Waals surface area contributed by atoms with E-state index in [1.807, 2.05) is 36.4 Å². The lowest BCUT2D eigenvalue weighted by Crippen LogP contribution is -2.74. The zero-order chi connectivity index (χ0) is 16.2. The molecule has 0 spiro atoms. The van der Waals surface area contributed by atoms with E-state index in [0.717, 1.165) is 23.7 Å². The Hall–Kier alpha value is -2.00. The van der Waals surface area contributed by atoms with Gasteiger partial charge in [0.2, 0.25) is 0 Å². The highest BCUT2D eigenvalue weighted by atomic mass is 16.5. The van der Waals surface area contributed by atoms with Crippen LogP contribution in [0.5, 0.6) is 17.2 Å². The lowest BCUT2D eigenvalue weighted by atomic mass is 9.84. The van der Waals surface area contributed by atoms with Crippen molar-refractivity contribution in [3.63, 3.8) is 0 Å². The van der Waals surface area contributed by atoms with Crippen molar-refractivity contribution < 1.29 is 15.2 Å². The molecule has 118 valence electrons. The second-order valence-electron chi connectivity index (χ2n) is 6.41. The van der Waals surface area contributed by atoms with Crippen molar-refractivity contribution in [2.45, 2.75) is 32.7 Å². The van der Waals surface area contributed by atoms with Crippen molar-refractivity contribution in [3.8, 4) is 17.2 Å². The first-order valence-corrected chi connectivity index (χ1v) is 7.67. The highest BCUT2D eigenvalue weighted by Crippen LogP contribution is 2.26. The van der Waals surface area contributed by atoms with Crippen LogP contribution in [0.15, 0.2) is 48.5 Å². The van der Waals surface area contributed by atoms with Crippen molar-refractivity contribution >= 4 is 0 Å². The third-order valence-corrected chi connectivity index (χ3v) is 4.20. The monoisotopic (exact) mass is 300 g/mol. The molecule has 0 aliphatic carbocycles. The quantitative estimate of drug-likeness (QED) is 0.884. The molecule has 0 saturated carbocycles. The normalized spacial score (nSPS) is 13.7. The molecule has 22 heavy (non-hydrogen) atoms. The van der Waals surface area contributed by atoms with Gasteiger partial charge in [-0.05, 0) is 48.9 Å². The highest BCUT2D eigenvalue weighted by Gasteiger charge is 2.27. The Morgan fingerprint density at radius 1 is 1.00 bits per heavy atom. The van der Waals surface area contributed by atoms with Crippen molar-refractivity contribution in [1.29, 1.82) is 0 Å². The van der Waals surface area contributed by atoms with Crippen LogP contribution in [0.3, 0.4) is 0 Å². The Bertz CT molecular complexity index is 603. The number of ether oxygens (including phenoxy) is 2. The van der Waals surface area contributed by atoms with Gasteiger partial charge in [0.1, 0.15) is 17.2 Å². The van der Waals surface area contributed by atoms with E-state index in [1.54, 1.807) is 7.11 Å². The van der Waals surface area contributed by atoms with Gasteiger partial charge in [0.25, 0.3) is 0 Å². The van der Waals surface area contributed by atoms with E-state index < -0.39 is 0 Å². The number of hydrogen-bond acceptors (Lipinski definition) is 2. The molecule has 1 atom stereocenters. The van der Waals surface area contributed by atoms with Crippen LogP contribution >= 0.6 is 0 Å². The molecule has 0 aliphatic heterocycles. The van der Waals surface area contributed by atoms with Gasteiger partial charge in [0, 0.05) is 12.3 Å². The van der Waals surface area contributed by atoms with E-state index in [9.17, 15) is 0 Å². The Labute approximate surface area is 133 Å². The predicted molar refractivity (Wildman–Crippen MR) is 89.3 cm³/mol. The van der Waals surface area contributed by atoms with Gasteiger partial charge in [-0.15, -0.1) is 0 Å². The maximum Gasteiger partial charge on any atom is 0.127 e. The molecule has 3 N–H and O–H groups in total. The molecule has 3 nitrogen and oxygen atoms in total. The molecule has 3 heteroatoms.